The Hall–Kier alpha value is -3.46. The average Bonchev–Trinajstić information content (AvgIpc) is 2.68. The molecule has 1 aromatic carbocycles. The summed E-state index contributed by atoms with van der Waals surface area (Å²) in [6.07, 6.45) is 3.48. The molecule has 1 N–H and O–H groups in total. The fourth-order valence-electron chi connectivity index (χ4n) is 3.29. The zero-order valence-corrected chi connectivity index (χ0v) is 15.3. The summed E-state index contributed by atoms with van der Waals surface area (Å²) in [6, 6.07) is 12.3. The van der Waals surface area contributed by atoms with Crippen LogP contribution in [0.3, 0.4) is 0 Å². The highest BCUT2D eigenvalue weighted by Gasteiger charge is 2.38. The summed E-state index contributed by atoms with van der Waals surface area (Å²) < 4.78 is 0. The van der Waals surface area contributed by atoms with E-state index in [1.807, 2.05) is 36.4 Å². The number of hydrogen-bond acceptors (Lipinski definition) is 4. The number of imide groups is 1. The fourth-order valence-corrected chi connectivity index (χ4v) is 3.29. The second kappa shape index (κ2) is 7.83. The van der Waals surface area contributed by atoms with Gasteiger partial charge >= 0.3 is 6.03 Å². The first-order valence-electron chi connectivity index (χ1n) is 8.76. The number of rotatable bonds is 3. The zero-order valence-electron chi connectivity index (χ0n) is 15.3. The lowest BCUT2D eigenvalue weighted by Crippen LogP contribution is -2.48. The monoisotopic (exact) mass is 360 g/mol. The molecule has 27 heavy (non-hydrogen) atoms. The average molecular weight is 360 g/mol. The SMILES string of the molecule is CCNC(=O)N1C(=O)CC(C)=C(C#N)C1c1cccc(-c2ccncc2)c1. The van der Waals surface area contributed by atoms with Gasteiger partial charge in [-0.25, -0.2) is 4.79 Å². The number of nitriles is 1. The highest BCUT2D eigenvalue weighted by molar-refractivity contribution is 5.98. The van der Waals surface area contributed by atoms with Crippen LogP contribution in [-0.4, -0.2) is 28.4 Å². The van der Waals surface area contributed by atoms with Crippen LogP contribution in [0.15, 0.2) is 59.9 Å². The molecule has 0 bridgehead atoms. The van der Waals surface area contributed by atoms with E-state index in [1.165, 1.54) is 4.90 Å². The predicted molar refractivity (Wildman–Crippen MR) is 101 cm³/mol. The molecule has 2 heterocycles. The molecule has 6 nitrogen and oxygen atoms in total. The Bertz CT molecular complexity index is 944. The summed E-state index contributed by atoms with van der Waals surface area (Å²) >= 11 is 0. The predicted octanol–water partition coefficient (Wildman–Crippen LogP) is 3.59. The third-order valence-corrected chi connectivity index (χ3v) is 4.56. The third kappa shape index (κ3) is 3.58. The number of nitrogens with zero attached hydrogens (tertiary/aromatic N) is 3. The second-order valence-corrected chi connectivity index (χ2v) is 6.35. The number of amides is 3. The van der Waals surface area contributed by atoms with Gasteiger partial charge in [0, 0.05) is 25.4 Å². The number of urea groups is 1. The molecule has 136 valence electrons. The number of carbonyl (C=O) groups excluding carboxylic acids is 2. The van der Waals surface area contributed by atoms with Gasteiger partial charge in [0.25, 0.3) is 0 Å². The molecule has 0 saturated heterocycles. The van der Waals surface area contributed by atoms with Crippen molar-refractivity contribution in [2.24, 2.45) is 0 Å². The number of nitrogens with one attached hydrogen (secondary N) is 1. The van der Waals surface area contributed by atoms with E-state index in [1.54, 1.807) is 26.2 Å². The van der Waals surface area contributed by atoms with Crippen molar-refractivity contribution in [1.82, 2.24) is 15.2 Å². The Kier molecular flexibility index (Phi) is 5.32. The van der Waals surface area contributed by atoms with Crippen LogP contribution in [0, 0.1) is 11.3 Å². The van der Waals surface area contributed by atoms with E-state index < -0.39 is 12.1 Å². The van der Waals surface area contributed by atoms with Crippen LogP contribution in [0.2, 0.25) is 0 Å². The van der Waals surface area contributed by atoms with E-state index >= 15 is 0 Å². The Morgan fingerprint density at radius 3 is 2.70 bits per heavy atom. The maximum Gasteiger partial charge on any atom is 0.324 e. The van der Waals surface area contributed by atoms with Crippen LogP contribution in [0.1, 0.15) is 31.9 Å². The van der Waals surface area contributed by atoms with E-state index in [4.69, 9.17) is 0 Å². The van der Waals surface area contributed by atoms with Crippen molar-refractivity contribution in [1.29, 1.82) is 5.26 Å². The molecule has 1 aliphatic rings. The summed E-state index contributed by atoms with van der Waals surface area (Å²) in [6.45, 7) is 3.96. The maximum absolute atomic E-state index is 12.6. The van der Waals surface area contributed by atoms with Crippen molar-refractivity contribution in [3.63, 3.8) is 0 Å². The van der Waals surface area contributed by atoms with E-state index in [-0.39, 0.29) is 12.3 Å². The van der Waals surface area contributed by atoms with Crippen LogP contribution >= 0.6 is 0 Å². The summed E-state index contributed by atoms with van der Waals surface area (Å²) in [5, 5.41) is 12.4. The maximum atomic E-state index is 12.6. The third-order valence-electron chi connectivity index (χ3n) is 4.56. The van der Waals surface area contributed by atoms with Gasteiger partial charge in [-0.3, -0.25) is 14.7 Å². The van der Waals surface area contributed by atoms with Gasteiger partial charge in [-0.2, -0.15) is 5.26 Å². The Balaban J connectivity index is 2.12. The number of carbonyl (C=O) groups is 2. The molecule has 6 heteroatoms. The van der Waals surface area contributed by atoms with E-state index in [0.29, 0.717) is 17.7 Å². The van der Waals surface area contributed by atoms with Crippen molar-refractivity contribution >= 4 is 11.9 Å². The molecule has 0 radical (unpaired) electrons. The Morgan fingerprint density at radius 1 is 1.30 bits per heavy atom. The molecule has 0 aliphatic carbocycles. The van der Waals surface area contributed by atoms with E-state index in [2.05, 4.69) is 16.4 Å². The second-order valence-electron chi connectivity index (χ2n) is 6.35. The lowest BCUT2D eigenvalue weighted by Gasteiger charge is -2.34. The van der Waals surface area contributed by atoms with Crippen molar-refractivity contribution in [2.75, 3.05) is 6.54 Å². The molecule has 0 fully saturated rings. The van der Waals surface area contributed by atoms with Crippen LogP contribution in [0.4, 0.5) is 4.79 Å². The highest BCUT2D eigenvalue weighted by Crippen LogP contribution is 2.37. The molecule has 2 aromatic rings. The molecule has 0 saturated carbocycles. The Labute approximate surface area is 158 Å². The minimum absolute atomic E-state index is 0.0700. The van der Waals surface area contributed by atoms with Crippen LogP contribution in [0.25, 0.3) is 11.1 Å². The van der Waals surface area contributed by atoms with Crippen LogP contribution in [-0.2, 0) is 4.79 Å². The lowest BCUT2D eigenvalue weighted by molar-refractivity contribution is -0.129. The van der Waals surface area contributed by atoms with Gasteiger partial charge in [-0.15, -0.1) is 0 Å². The van der Waals surface area contributed by atoms with Gasteiger partial charge in [0.1, 0.15) is 6.04 Å². The number of benzene rings is 1. The smallest absolute Gasteiger partial charge is 0.324 e. The molecular formula is C21H20N4O2. The normalized spacial score (nSPS) is 16.9. The molecule has 1 unspecified atom stereocenters. The summed E-state index contributed by atoms with van der Waals surface area (Å²) in [5.74, 6) is -0.309. The number of aromatic nitrogens is 1. The van der Waals surface area contributed by atoms with Crippen molar-refractivity contribution in [2.45, 2.75) is 26.3 Å². The first kappa shape index (κ1) is 18.3. The van der Waals surface area contributed by atoms with Gasteiger partial charge in [-0.1, -0.05) is 18.2 Å². The van der Waals surface area contributed by atoms with Gasteiger partial charge in [-0.05, 0) is 54.3 Å². The zero-order chi connectivity index (χ0) is 19.4. The first-order chi connectivity index (χ1) is 13.1. The molecular weight excluding hydrogens is 340 g/mol. The molecule has 3 amide bonds. The van der Waals surface area contributed by atoms with Gasteiger partial charge in [0.05, 0.1) is 11.6 Å². The van der Waals surface area contributed by atoms with Gasteiger partial charge in [0.2, 0.25) is 5.91 Å². The molecule has 1 aromatic heterocycles. The molecule has 0 spiro atoms. The summed E-state index contributed by atoms with van der Waals surface area (Å²) in [4.78, 5) is 30.4. The van der Waals surface area contributed by atoms with Crippen LogP contribution in [0.5, 0.6) is 0 Å². The molecule has 3 rings (SSSR count). The lowest BCUT2D eigenvalue weighted by atomic mass is 9.88. The standard InChI is InChI=1S/C21H20N4O2/c1-3-24-21(27)25-19(26)11-14(2)18(13-22)20(25)17-6-4-5-16(12-17)15-7-9-23-10-8-15/h4-10,12,20H,3,11H2,1-2H3,(H,24,27). The number of hydrogen-bond donors (Lipinski definition) is 1. The van der Waals surface area contributed by atoms with Crippen LogP contribution < -0.4 is 5.32 Å². The minimum Gasteiger partial charge on any atom is -0.338 e. The van der Waals surface area contributed by atoms with Crippen molar-refractivity contribution < 1.29 is 9.59 Å². The minimum atomic E-state index is -0.732. The summed E-state index contributed by atoms with van der Waals surface area (Å²) in [5.41, 5.74) is 3.76. The molecule has 1 atom stereocenters. The fraction of sp³-hybridized carbons (Fsp3) is 0.238. The number of pyridine rings is 1. The quantitative estimate of drug-likeness (QED) is 0.906. The largest absolute Gasteiger partial charge is 0.338 e. The van der Waals surface area contributed by atoms with Gasteiger partial charge in [0.15, 0.2) is 0 Å². The highest BCUT2D eigenvalue weighted by atomic mass is 16.2. The van der Waals surface area contributed by atoms with Crippen molar-refractivity contribution in [3.8, 4) is 17.2 Å². The Morgan fingerprint density at radius 2 is 2.04 bits per heavy atom. The first-order valence-corrected chi connectivity index (χ1v) is 8.76. The van der Waals surface area contributed by atoms with E-state index in [0.717, 1.165) is 16.7 Å². The van der Waals surface area contributed by atoms with Crippen molar-refractivity contribution in [3.05, 3.63) is 65.5 Å². The topological polar surface area (TPSA) is 86.1 Å². The molecule has 1 aliphatic heterocycles. The van der Waals surface area contributed by atoms with E-state index in [9.17, 15) is 14.9 Å². The summed E-state index contributed by atoms with van der Waals surface area (Å²) in [7, 11) is 0. The van der Waals surface area contributed by atoms with Gasteiger partial charge < -0.3 is 5.32 Å².